The van der Waals surface area contributed by atoms with Crippen LogP contribution in [0, 0.1) is 0 Å². The van der Waals surface area contributed by atoms with Gasteiger partial charge in [0.05, 0.1) is 6.04 Å². The minimum Gasteiger partial charge on any atom is -0.406 e. The lowest BCUT2D eigenvalue weighted by atomic mass is 10.1. The highest BCUT2D eigenvalue weighted by Crippen LogP contribution is 2.31. The molecule has 0 saturated carbocycles. The van der Waals surface area contributed by atoms with Crippen LogP contribution in [0.5, 0.6) is 5.75 Å². The number of benzene rings is 1. The molecule has 0 saturated heterocycles. The summed E-state index contributed by atoms with van der Waals surface area (Å²) in [4.78, 5) is 12.0. The maximum Gasteiger partial charge on any atom is 0.573 e. The van der Waals surface area contributed by atoms with Crippen LogP contribution < -0.4 is 15.8 Å². The van der Waals surface area contributed by atoms with E-state index in [0.717, 1.165) is 0 Å². The number of rotatable bonds is 4. The number of halogens is 3. The van der Waals surface area contributed by atoms with Crippen molar-refractivity contribution in [2.24, 2.45) is 5.73 Å². The maximum absolute atomic E-state index is 12.4. The molecule has 0 fully saturated rings. The molecular weight excluding hydrogens is 323 g/mol. The summed E-state index contributed by atoms with van der Waals surface area (Å²) in [6.07, 6.45) is -2.29. The molecule has 0 unspecified atom stereocenters. The van der Waals surface area contributed by atoms with Gasteiger partial charge in [-0.05, 0) is 36.7 Å². The Labute approximate surface area is 136 Å². The number of carbonyl (C=O) groups is 1. The summed E-state index contributed by atoms with van der Waals surface area (Å²) in [5.41, 5.74) is 7.26. The van der Waals surface area contributed by atoms with E-state index in [4.69, 9.17) is 5.73 Å². The third-order valence-corrected chi connectivity index (χ3v) is 3.87. The highest BCUT2D eigenvalue weighted by atomic mass is 19.4. The van der Waals surface area contributed by atoms with Gasteiger partial charge < -0.3 is 20.4 Å². The molecule has 8 heteroatoms. The number of fused-ring (bicyclic) bond motifs is 1. The van der Waals surface area contributed by atoms with Gasteiger partial charge in [0.25, 0.3) is 5.91 Å². The monoisotopic (exact) mass is 339 g/mol. The van der Waals surface area contributed by atoms with E-state index in [0.29, 0.717) is 36.3 Å². The summed E-state index contributed by atoms with van der Waals surface area (Å²) in [5.74, 6) is -0.510. The van der Waals surface area contributed by atoms with Crippen molar-refractivity contribution in [3.05, 3.63) is 42.2 Å². The Bertz CT molecular complexity index is 755. The SMILES string of the molecule is NCC[C@H]1CNC(=O)c2cc(-c3cccc(OC(F)(F)F)c3)cn21. The predicted molar refractivity (Wildman–Crippen MR) is 81.6 cm³/mol. The lowest BCUT2D eigenvalue weighted by Gasteiger charge is -2.25. The standard InChI is InChI=1S/C16H16F3N3O2/c17-16(18,19)24-13-3-1-2-10(6-13)11-7-14-15(23)21-8-12(4-5-20)22(14)9-11/h1-3,6-7,9,12H,4-5,8,20H2,(H,21,23)/t12-/m0/s1. The minimum absolute atomic E-state index is 0.0334. The van der Waals surface area contributed by atoms with Gasteiger partial charge in [-0.2, -0.15) is 0 Å². The molecule has 0 radical (unpaired) electrons. The zero-order valence-corrected chi connectivity index (χ0v) is 12.6. The second kappa shape index (κ2) is 6.20. The van der Waals surface area contributed by atoms with Gasteiger partial charge in [-0.15, -0.1) is 13.2 Å². The van der Waals surface area contributed by atoms with Crippen molar-refractivity contribution in [1.82, 2.24) is 9.88 Å². The zero-order valence-electron chi connectivity index (χ0n) is 12.6. The van der Waals surface area contributed by atoms with Crippen molar-refractivity contribution in [2.45, 2.75) is 18.8 Å². The minimum atomic E-state index is -4.75. The number of ether oxygens (including phenoxy) is 1. The van der Waals surface area contributed by atoms with Crippen molar-refractivity contribution < 1.29 is 22.7 Å². The maximum atomic E-state index is 12.4. The smallest absolute Gasteiger partial charge is 0.406 e. The zero-order chi connectivity index (χ0) is 17.3. The van der Waals surface area contributed by atoms with Crippen LogP contribution in [0.2, 0.25) is 0 Å². The molecule has 24 heavy (non-hydrogen) atoms. The molecule has 5 nitrogen and oxygen atoms in total. The van der Waals surface area contributed by atoms with Crippen molar-refractivity contribution in [3.63, 3.8) is 0 Å². The molecule has 0 bridgehead atoms. The lowest BCUT2D eigenvalue weighted by Crippen LogP contribution is -2.39. The van der Waals surface area contributed by atoms with Gasteiger partial charge in [0.2, 0.25) is 0 Å². The Kier molecular flexibility index (Phi) is 4.23. The molecule has 3 rings (SSSR count). The fourth-order valence-corrected chi connectivity index (χ4v) is 2.83. The number of nitrogens with two attached hydrogens (primary N) is 1. The van der Waals surface area contributed by atoms with Gasteiger partial charge in [0.15, 0.2) is 0 Å². The van der Waals surface area contributed by atoms with Crippen LogP contribution in [0.4, 0.5) is 13.2 Å². The first-order chi connectivity index (χ1) is 11.4. The molecule has 0 aliphatic carbocycles. The molecular formula is C16H16F3N3O2. The molecule has 1 aromatic carbocycles. The quantitative estimate of drug-likeness (QED) is 0.900. The molecule has 1 aliphatic heterocycles. The topological polar surface area (TPSA) is 69.3 Å². The van der Waals surface area contributed by atoms with E-state index in [-0.39, 0.29) is 17.7 Å². The molecule has 2 aromatic rings. The Morgan fingerprint density at radius 2 is 2.08 bits per heavy atom. The number of aromatic nitrogens is 1. The third kappa shape index (κ3) is 3.38. The predicted octanol–water partition coefficient (Wildman–Crippen LogP) is 2.69. The number of nitrogens with zero attached hydrogens (tertiary/aromatic N) is 1. The fraction of sp³-hybridized carbons (Fsp3) is 0.312. The molecule has 1 aromatic heterocycles. The molecule has 128 valence electrons. The number of hydrogen-bond acceptors (Lipinski definition) is 3. The third-order valence-electron chi connectivity index (χ3n) is 3.87. The molecule has 1 atom stereocenters. The van der Waals surface area contributed by atoms with Gasteiger partial charge in [-0.3, -0.25) is 4.79 Å². The van der Waals surface area contributed by atoms with Crippen molar-refractivity contribution in [3.8, 4) is 16.9 Å². The largest absolute Gasteiger partial charge is 0.573 e. The van der Waals surface area contributed by atoms with Gasteiger partial charge in [0, 0.05) is 18.3 Å². The highest BCUT2D eigenvalue weighted by molar-refractivity contribution is 5.95. The van der Waals surface area contributed by atoms with Gasteiger partial charge in [0.1, 0.15) is 11.4 Å². The second-order valence-electron chi connectivity index (χ2n) is 5.54. The highest BCUT2D eigenvalue weighted by Gasteiger charge is 2.31. The summed E-state index contributed by atoms with van der Waals surface area (Å²) in [6.45, 7) is 0.955. The van der Waals surface area contributed by atoms with E-state index in [9.17, 15) is 18.0 Å². The van der Waals surface area contributed by atoms with Gasteiger partial charge in [-0.1, -0.05) is 12.1 Å². The molecule has 3 N–H and O–H groups in total. The van der Waals surface area contributed by atoms with Gasteiger partial charge >= 0.3 is 6.36 Å². The first-order valence-electron chi connectivity index (χ1n) is 7.44. The number of alkyl halides is 3. The van der Waals surface area contributed by atoms with E-state index in [1.165, 1.54) is 18.2 Å². The Morgan fingerprint density at radius 3 is 2.79 bits per heavy atom. The van der Waals surface area contributed by atoms with E-state index < -0.39 is 6.36 Å². The Morgan fingerprint density at radius 1 is 1.29 bits per heavy atom. The molecule has 0 spiro atoms. The first kappa shape index (κ1) is 16.4. The van der Waals surface area contributed by atoms with E-state index >= 15 is 0 Å². The van der Waals surface area contributed by atoms with Crippen LogP contribution in [-0.2, 0) is 0 Å². The van der Waals surface area contributed by atoms with E-state index in [1.54, 1.807) is 18.3 Å². The van der Waals surface area contributed by atoms with Crippen LogP contribution in [-0.4, -0.2) is 29.9 Å². The van der Waals surface area contributed by atoms with Crippen LogP contribution in [0.1, 0.15) is 23.0 Å². The van der Waals surface area contributed by atoms with Crippen LogP contribution in [0.3, 0.4) is 0 Å². The fourth-order valence-electron chi connectivity index (χ4n) is 2.83. The van der Waals surface area contributed by atoms with E-state index in [1.807, 2.05) is 4.57 Å². The summed E-state index contributed by atoms with van der Waals surface area (Å²) in [6, 6.07) is 7.36. The van der Waals surface area contributed by atoms with Crippen LogP contribution in [0.25, 0.3) is 11.1 Å². The van der Waals surface area contributed by atoms with Crippen molar-refractivity contribution in [2.75, 3.05) is 13.1 Å². The summed E-state index contributed by atoms with van der Waals surface area (Å²) in [5, 5.41) is 2.79. The average Bonchev–Trinajstić information content (AvgIpc) is 2.95. The number of carbonyl (C=O) groups excluding carboxylic acids is 1. The van der Waals surface area contributed by atoms with Crippen molar-refractivity contribution >= 4 is 5.91 Å². The van der Waals surface area contributed by atoms with E-state index in [2.05, 4.69) is 10.1 Å². The van der Waals surface area contributed by atoms with Crippen LogP contribution in [0.15, 0.2) is 36.5 Å². The normalized spacial score (nSPS) is 17.3. The summed E-state index contributed by atoms with van der Waals surface area (Å²) < 4.78 is 42.8. The molecule has 2 heterocycles. The number of nitrogens with one attached hydrogen (secondary N) is 1. The van der Waals surface area contributed by atoms with Crippen LogP contribution >= 0.6 is 0 Å². The molecule has 1 amide bonds. The number of hydrogen-bond donors (Lipinski definition) is 2. The second-order valence-corrected chi connectivity index (χ2v) is 5.54. The first-order valence-corrected chi connectivity index (χ1v) is 7.44. The lowest BCUT2D eigenvalue weighted by molar-refractivity contribution is -0.274. The molecule has 1 aliphatic rings. The van der Waals surface area contributed by atoms with Gasteiger partial charge in [-0.25, -0.2) is 0 Å². The summed E-state index contributed by atoms with van der Waals surface area (Å²) >= 11 is 0. The Hall–Kier alpha value is -2.48. The van der Waals surface area contributed by atoms with Crippen molar-refractivity contribution in [1.29, 1.82) is 0 Å². The summed E-state index contributed by atoms with van der Waals surface area (Å²) in [7, 11) is 0. The number of amides is 1. The Balaban J connectivity index is 1.95. The average molecular weight is 339 g/mol.